The molecule has 2 rings (SSSR count). The summed E-state index contributed by atoms with van der Waals surface area (Å²) in [4.78, 5) is 18.4. The third kappa shape index (κ3) is 5.87. The number of benzene rings is 1. The highest BCUT2D eigenvalue weighted by Gasteiger charge is 2.10. The minimum Gasteiger partial charge on any atom is -0.357 e. The lowest BCUT2D eigenvalue weighted by molar-refractivity contribution is -0.114. The fraction of sp³-hybridized carbons (Fsp3) is 0.333. The van der Waals surface area contributed by atoms with Crippen molar-refractivity contribution in [2.24, 2.45) is 12.0 Å². The molecule has 8 heteroatoms. The van der Waals surface area contributed by atoms with E-state index in [-0.39, 0.29) is 18.3 Å². The summed E-state index contributed by atoms with van der Waals surface area (Å²) in [5, 5.41) is 5.88. The lowest BCUT2D eigenvalue weighted by Gasteiger charge is -2.22. The number of hydrogen-bond donors (Lipinski definition) is 2. The highest BCUT2D eigenvalue weighted by atomic mass is 79.9. The normalized spacial score (nSPS) is 11.3. The highest BCUT2D eigenvalue weighted by molar-refractivity contribution is 9.10. The number of hydrogen-bond acceptors (Lipinski definition) is 2. The van der Waals surface area contributed by atoms with Gasteiger partial charge in [0.2, 0.25) is 5.91 Å². The van der Waals surface area contributed by atoms with Gasteiger partial charge < -0.3 is 20.1 Å². The molecule has 140 valence electrons. The molecule has 1 heterocycles. The van der Waals surface area contributed by atoms with E-state index in [9.17, 15) is 9.18 Å². The maximum Gasteiger partial charge on any atom is 0.246 e. The number of nitrogens with zero attached hydrogens (tertiary/aromatic N) is 3. The van der Waals surface area contributed by atoms with Crippen LogP contribution in [0.2, 0.25) is 0 Å². The summed E-state index contributed by atoms with van der Waals surface area (Å²) in [5.74, 6) is 0.0329. The molecule has 26 heavy (non-hydrogen) atoms. The van der Waals surface area contributed by atoms with Gasteiger partial charge in [0.15, 0.2) is 5.96 Å². The highest BCUT2D eigenvalue weighted by Crippen LogP contribution is 2.15. The predicted molar refractivity (Wildman–Crippen MR) is 106 cm³/mol. The van der Waals surface area contributed by atoms with E-state index < -0.39 is 0 Å². The number of guanidine groups is 1. The monoisotopic (exact) mass is 423 g/mol. The number of halogens is 2. The second kappa shape index (κ2) is 9.38. The van der Waals surface area contributed by atoms with Crippen molar-refractivity contribution in [1.82, 2.24) is 14.8 Å². The number of anilines is 1. The third-order valence-electron chi connectivity index (χ3n) is 3.67. The molecule has 0 saturated carbocycles. The van der Waals surface area contributed by atoms with Crippen LogP contribution in [0.1, 0.15) is 12.6 Å². The first-order valence-electron chi connectivity index (χ1n) is 8.24. The molecule has 0 spiro atoms. The van der Waals surface area contributed by atoms with Gasteiger partial charge in [-0.05, 0) is 53.2 Å². The van der Waals surface area contributed by atoms with Gasteiger partial charge in [0, 0.05) is 42.7 Å². The van der Waals surface area contributed by atoms with Crippen molar-refractivity contribution in [2.75, 3.05) is 25.5 Å². The topological polar surface area (TPSA) is 61.7 Å². The second-order valence-electron chi connectivity index (χ2n) is 5.84. The van der Waals surface area contributed by atoms with Gasteiger partial charge in [-0.25, -0.2) is 9.38 Å². The largest absolute Gasteiger partial charge is 0.357 e. The van der Waals surface area contributed by atoms with Crippen LogP contribution in [0.3, 0.4) is 0 Å². The number of rotatable bonds is 6. The Morgan fingerprint density at radius 1 is 1.35 bits per heavy atom. The number of carbonyl (C=O) groups excluding carboxylic acids is 1. The minimum absolute atomic E-state index is 0.0269. The summed E-state index contributed by atoms with van der Waals surface area (Å²) < 4.78 is 16.0. The maximum absolute atomic E-state index is 12.9. The number of amides is 1. The number of aromatic nitrogens is 1. The van der Waals surface area contributed by atoms with Gasteiger partial charge >= 0.3 is 0 Å². The van der Waals surface area contributed by atoms with Crippen LogP contribution in [0.25, 0.3) is 0 Å². The molecule has 0 bridgehead atoms. The summed E-state index contributed by atoms with van der Waals surface area (Å²) in [6.07, 6.45) is 1.99. The Kier molecular flexibility index (Phi) is 7.20. The molecule has 0 unspecified atom stereocenters. The van der Waals surface area contributed by atoms with Crippen molar-refractivity contribution in [2.45, 2.75) is 13.5 Å². The lowest BCUT2D eigenvalue weighted by Crippen LogP contribution is -2.39. The summed E-state index contributed by atoms with van der Waals surface area (Å²) in [6.45, 7) is 3.29. The fourth-order valence-corrected chi connectivity index (χ4v) is 2.96. The molecule has 0 fully saturated rings. The lowest BCUT2D eigenvalue weighted by atomic mass is 10.3. The van der Waals surface area contributed by atoms with Crippen LogP contribution in [0, 0.1) is 5.82 Å². The number of aliphatic imine (C=N–C) groups is 1. The minimum atomic E-state index is -0.343. The molecule has 0 aliphatic carbocycles. The molecule has 1 aromatic carbocycles. The Hall–Kier alpha value is -2.35. The van der Waals surface area contributed by atoms with Gasteiger partial charge in [0.25, 0.3) is 0 Å². The third-order valence-corrected chi connectivity index (χ3v) is 4.10. The molecular weight excluding hydrogens is 401 g/mol. The van der Waals surface area contributed by atoms with E-state index in [0.29, 0.717) is 24.7 Å². The van der Waals surface area contributed by atoms with E-state index in [0.717, 1.165) is 10.2 Å². The van der Waals surface area contributed by atoms with Gasteiger partial charge in [-0.2, -0.15) is 0 Å². The molecule has 0 atom stereocenters. The molecule has 2 aromatic rings. The van der Waals surface area contributed by atoms with Crippen LogP contribution in [-0.4, -0.2) is 41.5 Å². The summed E-state index contributed by atoms with van der Waals surface area (Å²) in [6, 6.07) is 7.67. The number of aryl methyl sites for hydroxylation is 1. The Labute approximate surface area is 161 Å². The maximum atomic E-state index is 12.9. The predicted octanol–water partition coefficient (Wildman–Crippen LogP) is 2.96. The fourth-order valence-electron chi connectivity index (χ4n) is 2.39. The van der Waals surface area contributed by atoms with E-state index in [1.54, 1.807) is 0 Å². The molecular formula is C18H23BrFN5O. The average molecular weight is 424 g/mol. The summed E-state index contributed by atoms with van der Waals surface area (Å²) in [7, 11) is 3.90. The van der Waals surface area contributed by atoms with Crippen LogP contribution >= 0.6 is 15.9 Å². The quantitative estimate of drug-likeness (QED) is 0.554. The van der Waals surface area contributed by atoms with Crippen molar-refractivity contribution in [3.63, 3.8) is 0 Å². The van der Waals surface area contributed by atoms with Crippen molar-refractivity contribution < 1.29 is 9.18 Å². The zero-order valence-corrected chi connectivity index (χ0v) is 16.7. The van der Waals surface area contributed by atoms with E-state index in [1.165, 1.54) is 24.3 Å². The molecule has 0 radical (unpaired) electrons. The van der Waals surface area contributed by atoms with Crippen molar-refractivity contribution in [3.8, 4) is 0 Å². The zero-order chi connectivity index (χ0) is 19.1. The first-order valence-corrected chi connectivity index (χ1v) is 9.04. The Balaban J connectivity index is 1.99. The van der Waals surface area contributed by atoms with E-state index >= 15 is 0 Å². The van der Waals surface area contributed by atoms with E-state index in [2.05, 4.69) is 31.6 Å². The SMILES string of the molecule is CCNC(=NCC(=O)Nc1ccc(F)cc1)N(C)Cc1cc(Br)cn1C. The zero-order valence-electron chi connectivity index (χ0n) is 15.1. The van der Waals surface area contributed by atoms with E-state index in [4.69, 9.17) is 0 Å². The Bertz CT molecular complexity index is 772. The first-order chi connectivity index (χ1) is 12.4. The summed E-state index contributed by atoms with van der Waals surface area (Å²) in [5.41, 5.74) is 1.65. The molecule has 0 saturated heterocycles. The Morgan fingerprint density at radius 2 is 2.04 bits per heavy atom. The van der Waals surface area contributed by atoms with Gasteiger partial charge in [-0.15, -0.1) is 0 Å². The van der Waals surface area contributed by atoms with Crippen molar-refractivity contribution in [1.29, 1.82) is 0 Å². The molecule has 0 aliphatic rings. The van der Waals surface area contributed by atoms with Crippen LogP contribution in [0.5, 0.6) is 0 Å². The standard InChI is InChI=1S/C18H23BrFN5O/c1-4-21-18(25(3)12-16-9-13(19)11-24(16)2)22-10-17(26)23-15-7-5-14(20)6-8-15/h5-9,11H,4,10,12H2,1-3H3,(H,21,22)(H,23,26). The molecule has 6 nitrogen and oxygen atoms in total. The van der Waals surface area contributed by atoms with E-state index in [1.807, 2.05) is 42.7 Å². The molecule has 1 aromatic heterocycles. The average Bonchev–Trinajstić information content (AvgIpc) is 2.90. The summed E-state index contributed by atoms with van der Waals surface area (Å²) >= 11 is 3.46. The van der Waals surface area contributed by atoms with Crippen LogP contribution in [-0.2, 0) is 18.4 Å². The van der Waals surface area contributed by atoms with Crippen LogP contribution in [0.15, 0.2) is 46.0 Å². The van der Waals surface area contributed by atoms with Crippen molar-refractivity contribution >= 4 is 33.5 Å². The van der Waals surface area contributed by atoms with Crippen LogP contribution in [0.4, 0.5) is 10.1 Å². The Morgan fingerprint density at radius 3 is 2.62 bits per heavy atom. The van der Waals surface area contributed by atoms with Gasteiger partial charge in [0.1, 0.15) is 12.4 Å². The first kappa shape index (κ1) is 20.0. The van der Waals surface area contributed by atoms with Crippen LogP contribution < -0.4 is 10.6 Å². The smallest absolute Gasteiger partial charge is 0.246 e. The molecule has 1 amide bonds. The number of nitrogens with one attached hydrogen (secondary N) is 2. The van der Waals surface area contributed by atoms with Gasteiger partial charge in [-0.3, -0.25) is 4.79 Å². The van der Waals surface area contributed by atoms with Gasteiger partial charge in [0.05, 0.1) is 6.54 Å². The second-order valence-corrected chi connectivity index (χ2v) is 6.76. The molecule has 2 N–H and O–H groups in total. The number of carbonyl (C=O) groups is 1. The van der Waals surface area contributed by atoms with Gasteiger partial charge in [-0.1, -0.05) is 0 Å². The van der Waals surface area contributed by atoms with Crippen molar-refractivity contribution in [3.05, 3.63) is 52.5 Å². The molecule has 0 aliphatic heterocycles.